The summed E-state index contributed by atoms with van der Waals surface area (Å²) in [6, 6.07) is 58.6. The lowest BCUT2D eigenvalue weighted by molar-refractivity contribution is 0.660. The first-order valence-electron chi connectivity index (χ1n) is 20.1. The highest BCUT2D eigenvalue weighted by molar-refractivity contribution is 6.29. The lowest BCUT2D eigenvalue weighted by Crippen LogP contribution is -2.14. The maximum Gasteiger partial charge on any atom is 0.145 e. The van der Waals surface area contributed by atoms with Gasteiger partial charge in [-0.1, -0.05) is 125 Å². The van der Waals surface area contributed by atoms with Crippen LogP contribution in [0.5, 0.6) is 0 Å². The monoisotopic (exact) mass is 730 g/mol. The second kappa shape index (κ2) is 10.5. The summed E-state index contributed by atoms with van der Waals surface area (Å²) >= 11 is 0. The molecule has 8 aromatic carbocycles. The van der Waals surface area contributed by atoms with Crippen molar-refractivity contribution in [3.63, 3.8) is 0 Å². The molecule has 0 amide bonds. The maximum absolute atomic E-state index is 7.26. The zero-order chi connectivity index (χ0) is 37.9. The number of furan rings is 1. The Morgan fingerprint density at radius 1 is 0.351 bits per heavy atom. The number of para-hydroxylation sites is 2. The number of hydrogen-bond donors (Lipinski definition) is 0. The van der Waals surface area contributed by atoms with Crippen molar-refractivity contribution in [1.29, 1.82) is 0 Å². The molecule has 0 unspecified atom stereocenters. The zero-order valence-corrected chi connectivity index (χ0v) is 32.3. The van der Waals surface area contributed by atoms with Crippen LogP contribution in [-0.2, 0) is 10.8 Å². The van der Waals surface area contributed by atoms with E-state index in [0.717, 1.165) is 55.1 Å². The van der Waals surface area contributed by atoms with E-state index >= 15 is 0 Å². The van der Waals surface area contributed by atoms with Gasteiger partial charge in [-0.25, -0.2) is 0 Å². The van der Waals surface area contributed by atoms with Crippen molar-refractivity contribution in [2.45, 2.75) is 38.5 Å². The van der Waals surface area contributed by atoms with E-state index in [1.807, 2.05) is 0 Å². The lowest BCUT2D eigenvalue weighted by atomic mass is 9.82. The summed E-state index contributed by atoms with van der Waals surface area (Å²) in [5.74, 6) is 0. The molecular weight excluding hydrogens is 693 g/mol. The Labute approximate surface area is 330 Å². The highest BCUT2D eigenvalue weighted by Gasteiger charge is 2.37. The van der Waals surface area contributed by atoms with Gasteiger partial charge in [-0.3, -0.25) is 0 Å². The maximum atomic E-state index is 7.26. The van der Waals surface area contributed by atoms with Crippen molar-refractivity contribution in [3.05, 3.63) is 180 Å². The van der Waals surface area contributed by atoms with Gasteiger partial charge in [-0.05, 0) is 105 Å². The van der Waals surface area contributed by atoms with E-state index in [1.54, 1.807) is 0 Å². The van der Waals surface area contributed by atoms with Gasteiger partial charge in [0, 0.05) is 43.7 Å². The van der Waals surface area contributed by atoms with Gasteiger partial charge in [0.25, 0.3) is 0 Å². The van der Waals surface area contributed by atoms with Crippen LogP contribution in [0.4, 0.5) is 0 Å². The van der Waals surface area contributed by atoms with Crippen LogP contribution in [0.15, 0.2) is 162 Å². The molecule has 0 atom stereocenters. The van der Waals surface area contributed by atoms with Crippen LogP contribution in [0.2, 0.25) is 0 Å². The SMILES string of the molecule is CC1(C)c2ccccc2-c2cc(-n3c4ccccc4c4c5oc6c(ccc7c6c6ccccc6n7-c6ccc7c(c6)-c6ccccc6C7(C)C)c5ccc43)ccc21. The summed E-state index contributed by atoms with van der Waals surface area (Å²) in [5, 5.41) is 6.96. The van der Waals surface area contributed by atoms with Gasteiger partial charge in [-0.2, -0.15) is 0 Å². The largest absolute Gasteiger partial charge is 0.455 e. The smallest absolute Gasteiger partial charge is 0.145 e. The Balaban J connectivity index is 1.07. The second-order valence-electron chi connectivity index (χ2n) is 17.3. The lowest BCUT2D eigenvalue weighted by Gasteiger charge is -2.21. The molecule has 0 aliphatic heterocycles. The molecule has 3 nitrogen and oxygen atoms in total. The third-order valence-corrected chi connectivity index (χ3v) is 13.7. The van der Waals surface area contributed by atoms with Crippen molar-refractivity contribution in [1.82, 2.24) is 9.13 Å². The Bertz CT molecular complexity index is 3350. The van der Waals surface area contributed by atoms with E-state index in [1.165, 1.54) is 66.3 Å². The van der Waals surface area contributed by atoms with Crippen molar-refractivity contribution >= 4 is 65.6 Å². The number of aromatic nitrogens is 2. The number of benzene rings is 8. The van der Waals surface area contributed by atoms with E-state index in [-0.39, 0.29) is 10.8 Å². The Morgan fingerprint density at radius 3 is 1.23 bits per heavy atom. The first kappa shape index (κ1) is 31.4. The quantitative estimate of drug-likeness (QED) is 0.174. The molecule has 3 aromatic heterocycles. The molecule has 2 aliphatic carbocycles. The highest BCUT2D eigenvalue weighted by Crippen LogP contribution is 2.52. The summed E-state index contributed by atoms with van der Waals surface area (Å²) in [7, 11) is 0. The number of nitrogens with zero attached hydrogens (tertiary/aromatic N) is 2. The van der Waals surface area contributed by atoms with Crippen LogP contribution in [0.3, 0.4) is 0 Å². The molecular formula is C54H38N2O. The Kier molecular flexibility index (Phi) is 5.78. The summed E-state index contributed by atoms with van der Waals surface area (Å²) < 4.78 is 12.1. The molecule has 11 aromatic rings. The summed E-state index contributed by atoms with van der Waals surface area (Å²) in [5.41, 5.74) is 19.6. The molecule has 0 fully saturated rings. The summed E-state index contributed by atoms with van der Waals surface area (Å²) in [4.78, 5) is 0. The van der Waals surface area contributed by atoms with Gasteiger partial charge in [0.15, 0.2) is 0 Å². The third-order valence-electron chi connectivity index (χ3n) is 13.7. The van der Waals surface area contributed by atoms with Crippen LogP contribution in [0.1, 0.15) is 49.9 Å². The molecule has 3 heterocycles. The molecule has 270 valence electrons. The minimum atomic E-state index is -0.0386. The fraction of sp³-hybridized carbons (Fsp3) is 0.111. The van der Waals surface area contributed by atoms with Crippen LogP contribution in [0, 0.1) is 0 Å². The first-order valence-corrected chi connectivity index (χ1v) is 20.1. The van der Waals surface area contributed by atoms with Crippen molar-refractivity contribution in [2.24, 2.45) is 0 Å². The van der Waals surface area contributed by atoms with Crippen LogP contribution < -0.4 is 0 Å². The molecule has 2 aliphatic rings. The minimum absolute atomic E-state index is 0.0386. The van der Waals surface area contributed by atoms with E-state index in [0.29, 0.717) is 0 Å². The van der Waals surface area contributed by atoms with E-state index in [4.69, 9.17) is 4.42 Å². The van der Waals surface area contributed by atoms with Gasteiger partial charge in [0.05, 0.1) is 32.8 Å². The summed E-state index contributed by atoms with van der Waals surface area (Å²) in [6.45, 7) is 9.37. The molecule has 0 saturated carbocycles. The summed E-state index contributed by atoms with van der Waals surface area (Å²) in [6.07, 6.45) is 0. The second-order valence-corrected chi connectivity index (χ2v) is 17.3. The molecule has 3 heteroatoms. The van der Waals surface area contributed by atoms with Crippen LogP contribution >= 0.6 is 0 Å². The Hall–Kier alpha value is -6.84. The van der Waals surface area contributed by atoms with Crippen LogP contribution in [0.25, 0.3) is 99.2 Å². The highest BCUT2D eigenvalue weighted by atomic mass is 16.3. The average molecular weight is 731 g/mol. The molecule has 0 N–H and O–H groups in total. The molecule has 57 heavy (non-hydrogen) atoms. The van der Waals surface area contributed by atoms with Gasteiger partial charge in [0.1, 0.15) is 11.2 Å². The van der Waals surface area contributed by atoms with Crippen molar-refractivity contribution in [3.8, 4) is 33.6 Å². The predicted octanol–water partition coefficient (Wildman–Crippen LogP) is 14.4. The molecule has 0 saturated heterocycles. The first-order chi connectivity index (χ1) is 27.8. The van der Waals surface area contributed by atoms with E-state index < -0.39 is 0 Å². The predicted molar refractivity (Wildman–Crippen MR) is 238 cm³/mol. The topological polar surface area (TPSA) is 23.0 Å². The normalized spacial score (nSPS) is 14.9. The Morgan fingerprint density at radius 2 is 0.754 bits per heavy atom. The molecule has 0 radical (unpaired) electrons. The molecule has 13 rings (SSSR count). The standard InChI is InChI=1S/C54H38N2O/c1-53(2)41-17-9-5-13-33(41)39-29-31(21-25-43(39)53)55-45-19-11-7-15-37(45)49-47(55)27-23-35-36-24-28-48-50(52(36)57-51(35)49)38-16-8-12-20-46(38)56(48)32-22-26-44-40(30-32)34-14-6-10-18-42(34)54(44,3)4/h5-30H,1-4H3. The third kappa shape index (κ3) is 3.82. The molecule has 0 bridgehead atoms. The number of hydrogen-bond acceptors (Lipinski definition) is 1. The van der Waals surface area contributed by atoms with Gasteiger partial charge >= 0.3 is 0 Å². The minimum Gasteiger partial charge on any atom is -0.455 e. The van der Waals surface area contributed by atoms with E-state index in [2.05, 4.69) is 195 Å². The van der Waals surface area contributed by atoms with Gasteiger partial charge in [-0.15, -0.1) is 0 Å². The fourth-order valence-electron chi connectivity index (χ4n) is 11.0. The van der Waals surface area contributed by atoms with Crippen molar-refractivity contribution in [2.75, 3.05) is 0 Å². The van der Waals surface area contributed by atoms with Gasteiger partial charge < -0.3 is 13.6 Å². The van der Waals surface area contributed by atoms with Crippen molar-refractivity contribution < 1.29 is 4.42 Å². The zero-order valence-electron chi connectivity index (χ0n) is 32.3. The number of fused-ring (bicyclic) bond motifs is 17. The molecule has 0 spiro atoms. The van der Waals surface area contributed by atoms with Crippen LogP contribution in [-0.4, -0.2) is 9.13 Å². The fourth-order valence-corrected chi connectivity index (χ4v) is 11.0. The van der Waals surface area contributed by atoms with E-state index in [9.17, 15) is 0 Å². The number of rotatable bonds is 2. The average Bonchev–Trinajstić information content (AvgIpc) is 3.99. The van der Waals surface area contributed by atoms with Gasteiger partial charge in [0.2, 0.25) is 0 Å².